The van der Waals surface area contributed by atoms with Gasteiger partial charge >= 0.3 is 0 Å². The lowest BCUT2D eigenvalue weighted by Crippen LogP contribution is -2.33. The highest BCUT2D eigenvalue weighted by Crippen LogP contribution is 2.21. The van der Waals surface area contributed by atoms with Crippen LogP contribution in [0.15, 0.2) is 18.2 Å². The molecular weight excluding hydrogens is 278 g/mol. The van der Waals surface area contributed by atoms with Gasteiger partial charge in [-0.1, -0.05) is 11.6 Å². The van der Waals surface area contributed by atoms with Gasteiger partial charge in [0.05, 0.1) is 11.0 Å². The van der Waals surface area contributed by atoms with Gasteiger partial charge in [-0.25, -0.2) is 0 Å². The predicted octanol–water partition coefficient (Wildman–Crippen LogP) is 3.84. The first kappa shape index (κ1) is 13.2. The van der Waals surface area contributed by atoms with E-state index in [1.807, 2.05) is 18.2 Å². The van der Waals surface area contributed by atoms with Crippen LogP contribution in [-0.4, -0.2) is 33.6 Å². The van der Waals surface area contributed by atoms with E-state index in [0.29, 0.717) is 6.04 Å². The summed E-state index contributed by atoms with van der Waals surface area (Å²) in [5.41, 5.74) is 2.16. The summed E-state index contributed by atoms with van der Waals surface area (Å²) in [5.74, 6) is 0. The largest absolute Gasteiger partial charge is 0.331 e. The summed E-state index contributed by atoms with van der Waals surface area (Å²) in [6, 6.07) is 6.38. The number of likely N-dealkylation sites (tertiary alicyclic amines) is 1. The molecule has 1 N–H and O–H groups in total. The molecule has 1 atom stereocenters. The summed E-state index contributed by atoms with van der Waals surface area (Å²) in [4.78, 5) is 5.78. The Bertz CT molecular complexity index is 640. The number of hydrogen-bond acceptors (Lipinski definition) is 2. The fraction of sp³-hybridized carbons (Fsp3) is 0.500. The molecule has 102 valence electrons. The summed E-state index contributed by atoms with van der Waals surface area (Å²) in [6.07, 6.45) is 2.63. The molecule has 0 radical (unpaired) electrons. The highest BCUT2D eigenvalue weighted by molar-refractivity contribution is 7.71. The van der Waals surface area contributed by atoms with Crippen molar-refractivity contribution in [3.63, 3.8) is 0 Å². The molecule has 3 rings (SSSR count). The van der Waals surface area contributed by atoms with Gasteiger partial charge in [0, 0.05) is 17.6 Å². The van der Waals surface area contributed by atoms with E-state index in [-0.39, 0.29) is 0 Å². The minimum atomic E-state index is 0.507. The van der Waals surface area contributed by atoms with Crippen LogP contribution < -0.4 is 0 Å². The maximum absolute atomic E-state index is 6.09. The smallest absolute Gasteiger partial charge is 0.178 e. The third-order valence-corrected chi connectivity index (χ3v) is 4.51. The minimum absolute atomic E-state index is 0.507. The Morgan fingerprint density at radius 3 is 2.84 bits per heavy atom. The molecule has 1 saturated heterocycles. The molecule has 1 aliphatic heterocycles. The highest BCUT2D eigenvalue weighted by Gasteiger charge is 2.19. The van der Waals surface area contributed by atoms with Crippen LogP contribution >= 0.6 is 23.8 Å². The molecule has 1 unspecified atom stereocenters. The molecule has 1 fully saturated rings. The predicted molar refractivity (Wildman–Crippen MR) is 82.4 cm³/mol. The van der Waals surface area contributed by atoms with Gasteiger partial charge in [-0.15, -0.1) is 0 Å². The lowest BCUT2D eigenvalue weighted by atomic mass is 10.2. The number of benzene rings is 1. The van der Waals surface area contributed by atoms with E-state index in [9.17, 15) is 0 Å². The molecule has 5 heteroatoms. The second-order valence-electron chi connectivity index (χ2n) is 5.29. The van der Waals surface area contributed by atoms with E-state index in [4.69, 9.17) is 23.8 Å². The van der Waals surface area contributed by atoms with Gasteiger partial charge in [-0.2, -0.15) is 0 Å². The number of imidazole rings is 1. The van der Waals surface area contributed by atoms with Crippen molar-refractivity contribution in [3.05, 3.63) is 28.0 Å². The van der Waals surface area contributed by atoms with Crippen LogP contribution in [0.25, 0.3) is 11.0 Å². The highest BCUT2D eigenvalue weighted by atomic mass is 35.5. The van der Waals surface area contributed by atoms with E-state index >= 15 is 0 Å². The van der Waals surface area contributed by atoms with Crippen LogP contribution in [-0.2, 0) is 6.54 Å². The van der Waals surface area contributed by atoms with Crippen LogP contribution in [0.4, 0.5) is 0 Å². The average molecular weight is 296 g/mol. The Hall–Kier alpha value is -0.840. The zero-order valence-electron chi connectivity index (χ0n) is 11.0. The number of hydrogen-bond donors (Lipinski definition) is 1. The molecule has 0 amide bonds. The summed E-state index contributed by atoms with van der Waals surface area (Å²) < 4.78 is 2.95. The number of H-pyrrole nitrogens is 1. The minimum Gasteiger partial charge on any atom is -0.331 e. The fourth-order valence-corrected chi connectivity index (χ4v) is 3.32. The molecule has 1 aliphatic rings. The van der Waals surface area contributed by atoms with Crippen molar-refractivity contribution in [2.24, 2.45) is 0 Å². The first-order chi connectivity index (χ1) is 9.15. The zero-order valence-corrected chi connectivity index (χ0v) is 12.6. The van der Waals surface area contributed by atoms with Gasteiger partial charge in [0.25, 0.3) is 0 Å². The van der Waals surface area contributed by atoms with Crippen molar-refractivity contribution in [3.8, 4) is 0 Å². The second-order valence-corrected chi connectivity index (χ2v) is 6.12. The summed E-state index contributed by atoms with van der Waals surface area (Å²) in [7, 11) is 0. The van der Waals surface area contributed by atoms with Crippen LogP contribution in [0.3, 0.4) is 0 Å². The van der Waals surface area contributed by atoms with E-state index in [1.165, 1.54) is 25.9 Å². The van der Waals surface area contributed by atoms with Gasteiger partial charge in [0.1, 0.15) is 0 Å². The topological polar surface area (TPSA) is 24.0 Å². The lowest BCUT2D eigenvalue weighted by molar-refractivity contribution is 0.237. The van der Waals surface area contributed by atoms with Gasteiger partial charge in [0.15, 0.2) is 4.77 Å². The van der Waals surface area contributed by atoms with Crippen LogP contribution in [0, 0.1) is 4.77 Å². The monoisotopic (exact) mass is 295 g/mol. The lowest BCUT2D eigenvalue weighted by Gasteiger charge is -2.24. The Labute approximate surface area is 123 Å². The van der Waals surface area contributed by atoms with Crippen molar-refractivity contribution >= 4 is 34.9 Å². The number of aromatic nitrogens is 2. The van der Waals surface area contributed by atoms with E-state index in [0.717, 1.165) is 27.4 Å². The van der Waals surface area contributed by atoms with E-state index in [1.54, 1.807) is 0 Å². The summed E-state index contributed by atoms with van der Waals surface area (Å²) in [6.45, 7) is 5.60. The Balaban J connectivity index is 1.93. The molecule has 0 aliphatic carbocycles. The van der Waals surface area contributed by atoms with Crippen molar-refractivity contribution < 1.29 is 0 Å². The first-order valence-electron chi connectivity index (χ1n) is 6.77. The van der Waals surface area contributed by atoms with Gasteiger partial charge in [-0.3, -0.25) is 4.90 Å². The van der Waals surface area contributed by atoms with Crippen LogP contribution in [0.1, 0.15) is 19.8 Å². The molecule has 1 aromatic carbocycles. The standard InChI is InChI=1S/C14H18ClN3S/c1-10(17-6-2-3-7-17)9-18-13-8-11(15)4-5-12(13)16-14(18)19/h4-5,8,10H,2-3,6-7,9H2,1H3,(H,16,19). The number of nitrogens with one attached hydrogen (secondary N) is 1. The molecule has 0 saturated carbocycles. The molecule has 2 aromatic rings. The van der Waals surface area contributed by atoms with Crippen molar-refractivity contribution in [2.75, 3.05) is 13.1 Å². The fourth-order valence-electron chi connectivity index (χ4n) is 2.87. The van der Waals surface area contributed by atoms with E-state index in [2.05, 4.69) is 21.4 Å². The van der Waals surface area contributed by atoms with Crippen LogP contribution in [0.2, 0.25) is 5.02 Å². The van der Waals surface area contributed by atoms with Crippen LogP contribution in [0.5, 0.6) is 0 Å². The molecule has 2 heterocycles. The maximum atomic E-state index is 6.09. The Kier molecular flexibility index (Phi) is 3.65. The number of halogens is 1. The zero-order chi connectivity index (χ0) is 13.4. The van der Waals surface area contributed by atoms with Crippen molar-refractivity contribution in [2.45, 2.75) is 32.4 Å². The SMILES string of the molecule is CC(Cn1c(=S)[nH]c2ccc(Cl)cc21)N1CCCC1. The molecule has 1 aromatic heterocycles. The van der Waals surface area contributed by atoms with Gasteiger partial charge in [0.2, 0.25) is 0 Å². The van der Waals surface area contributed by atoms with Gasteiger partial charge < -0.3 is 9.55 Å². The average Bonchev–Trinajstić information content (AvgIpc) is 2.99. The summed E-state index contributed by atoms with van der Waals surface area (Å²) >= 11 is 11.5. The number of nitrogens with zero attached hydrogens (tertiary/aromatic N) is 2. The Morgan fingerprint density at radius 1 is 1.37 bits per heavy atom. The molecular formula is C14H18ClN3S. The first-order valence-corrected chi connectivity index (χ1v) is 7.56. The second kappa shape index (κ2) is 5.27. The van der Waals surface area contributed by atoms with Crippen molar-refractivity contribution in [1.29, 1.82) is 0 Å². The number of fused-ring (bicyclic) bond motifs is 1. The normalized spacial score (nSPS) is 18.2. The molecule has 0 bridgehead atoms. The third-order valence-electron chi connectivity index (χ3n) is 3.95. The number of rotatable bonds is 3. The van der Waals surface area contributed by atoms with Gasteiger partial charge in [-0.05, 0) is 63.3 Å². The summed E-state index contributed by atoms with van der Waals surface area (Å²) in [5, 5.41) is 0.754. The number of aromatic amines is 1. The maximum Gasteiger partial charge on any atom is 0.178 e. The Morgan fingerprint density at radius 2 is 2.11 bits per heavy atom. The van der Waals surface area contributed by atoms with E-state index < -0.39 is 0 Å². The molecule has 19 heavy (non-hydrogen) atoms. The molecule has 3 nitrogen and oxygen atoms in total. The quantitative estimate of drug-likeness (QED) is 0.870. The third kappa shape index (κ3) is 2.57. The van der Waals surface area contributed by atoms with Crippen molar-refractivity contribution in [1.82, 2.24) is 14.5 Å². The molecule has 0 spiro atoms.